The highest BCUT2D eigenvalue weighted by molar-refractivity contribution is 5.17. The molecule has 0 radical (unpaired) electrons. The van der Waals surface area contributed by atoms with Gasteiger partial charge in [-0.25, -0.2) is 0 Å². The molecule has 0 aliphatic rings. The van der Waals surface area contributed by atoms with E-state index in [9.17, 15) is 52.7 Å². The van der Waals surface area contributed by atoms with E-state index in [0.29, 0.717) is 0 Å². The number of allylic oxidation sites excluding steroid dienone is 2. The van der Waals surface area contributed by atoms with Gasteiger partial charge in [-0.05, 0) is 0 Å². The summed E-state index contributed by atoms with van der Waals surface area (Å²) in [5, 5.41) is 0. The molecule has 0 aliphatic carbocycles. The van der Waals surface area contributed by atoms with Crippen LogP contribution in [0.3, 0.4) is 0 Å². The zero-order valence-corrected chi connectivity index (χ0v) is 9.52. The molecule has 0 saturated heterocycles. The Morgan fingerprint density at radius 2 is 1.10 bits per heavy atom. The van der Waals surface area contributed by atoms with E-state index in [4.69, 9.17) is 0 Å². The molecule has 1 nitrogen and oxygen atoms in total. The first-order valence-corrected chi connectivity index (χ1v) is 4.46. The Morgan fingerprint density at radius 3 is 1.33 bits per heavy atom. The molecule has 21 heavy (non-hydrogen) atoms. The first-order valence-electron chi connectivity index (χ1n) is 4.46. The molecule has 0 atom stereocenters. The second-order valence-corrected chi connectivity index (χ2v) is 3.48. The molecule has 0 aromatic rings. The minimum absolute atomic E-state index is 0.0344. The van der Waals surface area contributed by atoms with Crippen LogP contribution in [-0.4, -0.2) is 37.2 Å². The van der Waals surface area contributed by atoms with Gasteiger partial charge in [-0.3, -0.25) is 0 Å². The Bertz CT molecular complexity index is 400. The van der Waals surface area contributed by atoms with Crippen LogP contribution in [0.5, 0.6) is 0 Å². The summed E-state index contributed by atoms with van der Waals surface area (Å²) in [4.78, 5) is 0. The number of rotatable bonds is 4. The van der Waals surface area contributed by atoms with Gasteiger partial charge in [0.2, 0.25) is 0 Å². The highest BCUT2D eigenvalue weighted by Crippen LogP contribution is 2.49. The summed E-state index contributed by atoms with van der Waals surface area (Å²) in [5.74, 6) is -22.6. The van der Waals surface area contributed by atoms with Crippen LogP contribution < -0.4 is 0 Å². The van der Waals surface area contributed by atoms with Gasteiger partial charge in [0.1, 0.15) is 0 Å². The average Bonchev–Trinajstić information content (AvgIpc) is 2.22. The number of alkyl halides is 12. The van der Waals surface area contributed by atoms with E-state index in [1.807, 2.05) is 0 Å². The standard InChI is InChI=1S/C8H4F12O/c1-21-3(5(11,12)7(15,16)17)2-4(9,10)6(13,14)8(18,19)20/h2H,1H3. The highest BCUT2D eigenvalue weighted by Gasteiger charge is 2.73. The van der Waals surface area contributed by atoms with Crippen molar-refractivity contribution in [1.82, 2.24) is 0 Å². The molecule has 126 valence electrons. The molecule has 0 saturated carbocycles. The maximum absolute atomic E-state index is 12.7. The van der Waals surface area contributed by atoms with Gasteiger partial charge in [0.25, 0.3) is 0 Å². The molecule has 0 aromatic carbocycles. The molecule has 0 bridgehead atoms. The zero-order valence-electron chi connectivity index (χ0n) is 9.52. The molecule has 0 aromatic heterocycles. The third-order valence-electron chi connectivity index (χ3n) is 1.97. The van der Waals surface area contributed by atoms with E-state index >= 15 is 0 Å². The van der Waals surface area contributed by atoms with Crippen molar-refractivity contribution in [3.63, 3.8) is 0 Å². The fraction of sp³-hybridized carbons (Fsp3) is 0.750. The van der Waals surface area contributed by atoms with Gasteiger partial charge in [0.15, 0.2) is 5.76 Å². The van der Waals surface area contributed by atoms with Gasteiger partial charge in [-0.1, -0.05) is 0 Å². The monoisotopic (exact) mass is 344 g/mol. The van der Waals surface area contributed by atoms with Crippen LogP contribution in [0.4, 0.5) is 52.7 Å². The maximum Gasteiger partial charge on any atom is 0.461 e. The first-order chi connectivity index (χ1) is 8.92. The van der Waals surface area contributed by atoms with E-state index in [-0.39, 0.29) is 7.11 Å². The fourth-order valence-electron chi connectivity index (χ4n) is 0.862. The molecular formula is C8H4F12O. The average molecular weight is 344 g/mol. The summed E-state index contributed by atoms with van der Waals surface area (Å²) in [6, 6.07) is 0. The summed E-state index contributed by atoms with van der Waals surface area (Å²) in [5.41, 5.74) is 0. The van der Waals surface area contributed by atoms with Crippen molar-refractivity contribution in [2.24, 2.45) is 0 Å². The van der Waals surface area contributed by atoms with Crippen LogP contribution in [-0.2, 0) is 4.74 Å². The van der Waals surface area contributed by atoms with Crippen LogP contribution in [0.2, 0.25) is 0 Å². The van der Waals surface area contributed by atoms with Crippen molar-refractivity contribution in [3.05, 3.63) is 11.8 Å². The third-order valence-corrected chi connectivity index (χ3v) is 1.97. The lowest BCUT2D eigenvalue weighted by atomic mass is 10.1. The topological polar surface area (TPSA) is 9.23 Å². The van der Waals surface area contributed by atoms with Crippen molar-refractivity contribution in [1.29, 1.82) is 0 Å². The van der Waals surface area contributed by atoms with Gasteiger partial charge in [-0.15, -0.1) is 0 Å². The number of methoxy groups -OCH3 is 1. The van der Waals surface area contributed by atoms with Gasteiger partial charge in [0, 0.05) is 6.08 Å². The molecule has 0 amide bonds. The number of hydrogen-bond acceptors (Lipinski definition) is 1. The van der Waals surface area contributed by atoms with Crippen molar-refractivity contribution < 1.29 is 57.4 Å². The smallest absolute Gasteiger partial charge is 0.461 e. The van der Waals surface area contributed by atoms with Crippen LogP contribution in [0.15, 0.2) is 11.8 Å². The normalized spacial score (nSPS) is 16.1. The minimum atomic E-state index is -6.89. The Labute approximate surface area is 108 Å². The molecule has 0 spiro atoms. The fourth-order valence-corrected chi connectivity index (χ4v) is 0.862. The van der Waals surface area contributed by atoms with Crippen LogP contribution in [0, 0.1) is 0 Å². The second kappa shape index (κ2) is 5.16. The predicted molar refractivity (Wildman–Crippen MR) is 42.0 cm³/mol. The zero-order chi connectivity index (χ0) is 17.5. The second-order valence-electron chi connectivity index (χ2n) is 3.48. The van der Waals surface area contributed by atoms with E-state index in [1.54, 1.807) is 0 Å². The number of halogens is 12. The first kappa shape index (κ1) is 19.7. The van der Waals surface area contributed by atoms with E-state index in [0.717, 1.165) is 0 Å². The molecule has 0 aliphatic heterocycles. The maximum atomic E-state index is 12.7. The van der Waals surface area contributed by atoms with Gasteiger partial charge in [0.05, 0.1) is 7.11 Å². The van der Waals surface area contributed by atoms with Gasteiger partial charge in [-0.2, -0.15) is 52.7 Å². The van der Waals surface area contributed by atoms with Crippen molar-refractivity contribution >= 4 is 0 Å². The highest BCUT2D eigenvalue weighted by atomic mass is 19.4. The van der Waals surface area contributed by atoms with E-state index in [1.165, 1.54) is 0 Å². The third kappa shape index (κ3) is 3.48. The minimum Gasteiger partial charge on any atom is -0.495 e. The summed E-state index contributed by atoms with van der Waals surface area (Å²) >= 11 is 0. The quantitative estimate of drug-likeness (QED) is 0.537. The summed E-state index contributed by atoms with van der Waals surface area (Å²) in [6.07, 6.45) is -15.3. The largest absolute Gasteiger partial charge is 0.495 e. The van der Waals surface area contributed by atoms with Crippen molar-refractivity contribution in [3.8, 4) is 0 Å². The predicted octanol–water partition coefficient (Wildman–Crippen LogP) is 4.55. The summed E-state index contributed by atoms with van der Waals surface area (Å²) in [7, 11) is -0.0344. The Morgan fingerprint density at radius 1 is 0.714 bits per heavy atom. The number of hydrogen-bond donors (Lipinski definition) is 0. The Balaban J connectivity index is 5.95. The molecule has 0 rings (SSSR count). The summed E-state index contributed by atoms with van der Waals surface area (Å²) in [6.45, 7) is 0. The van der Waals surface area contributed by atoms with Crippen molar-refractivity contribution in [2.75, 3.05) is 7.11 Å². The number of ether oxygens (including phenoxy) is 1. The van der Waals surface area contributed by atoms with Crippen molar-refractivity contribution in [2.45, 2.75) is 30.1 Å². The lowest BCUT2D eigenvalue weighted by Gasteiger charge is -2.28. The molecule has 0 N–H and O–H groups in total. The lowest BCUT2D eigenvalue weighted by molar-refractivity contribution is -0.343. The van der Waals surface area contributed by atoms with Gasteiger partial charge >= 0.3 is 30.1 Å². The molecule has 0 fully saturated rings. The molecule has 13 heteroatoms. The van der Waals surface area contributed by atoms with Crippen LogP contribution in [0.25, 0.3) is 0 Å². The van der Waals surface area contributed by atoms with E-state index < -0.39 is 42.0 Å². The van der Waals surface area contributed by atoms with E-state index in [2.05, 4.69) is 4.74 Å². The Kier molecular flexibility index (Phi) is 4.84. The molecular weight excluding hydrogens is 340 g/mol. The Hall–Kier alpha value is -1.30. The molecule has 0 heterocycles. The van der Waals surface area contributed by atoms with Crippen LogP contribution >= 0.6 is 0 Å². The van der Waals surface area contributed by atoms with Gasteiger partial charge < -0.3 is 4.74 Å². The summed E-state index contributed by atoms with van der Waals surface area (Å²) < 4.78 is 149. The molecule has 0 unspecified atom stereocenters. The SMILES string of the molecule is COC(=CC(F)(F)C(F)(F)C(F)(F)F)C(F)(F)C(F)(F)F. The lowest BCUT2D eigenvalue weighted by Crippen LogP contribution is -2.51. The van der Waals surface area contributed by atoms with Crippen LogP contribution in [0.1, 0.15) is 0 Å².